The number of likely N-dealkylation sites (tertiary alicyclic amines) is 1. The van der Waals surface area contributed by atoms with E-state index in [1.807, 2.05) is 18.5 Å². The van der Waals surface area contributed by atoms with Gasteiger partial charge in [-0.05, 0) is 62.7 Å². The molecule has 140 valence electrons. The standard InChI is InChI=1S/C21H24FN5/c1-2-18-13-24-20(25-18)14-27-11-8-16(9-12-27)21-23-10-7-19(26-21)15-3-5-17(22)6-4-15/h3-7,10,13,16H,2,8-9,11-12,14H2,1H3,(H,24,25). The van der Waals surface area contributed by atoms with Crippen molar-refractivity contribution in [3.05, 3.63) is 65.9 Å². The number of aryl methyl sites for hydroxylation is 1. The average Bonchev–Trinajstić information content (AvgIpc) is 3.17. The summed E-state index contributed by atoms with van der Waals surface area (Å²) in [6, 6.07) is 8.34. The van der Waals surface area contributed by atoms with Crippen LogP contribution in [0.25, 0.3) is 11.3 Å². The fourth-order valence-electron chi connectivity index (χ4n) is 3.58. The van der Waals surface area contributed by atoms with Crippen LogP contribution >= 0.6 is 0 Å². The number of hydrogen-bond acceptors (Lipinski definition) is 4. The lowest BCUT2D eigenvalue weighted by Gasteiger charge is -2.30. The monoisotopic (exact) mass is 365 g/mol. The molecule has 1 aromatic carbocycles. The van der Waals surface area contributed by atoms with Gasteiger partial charge in [0.2, 0.25) is 0 Å². The van der Waals surface area contributed by atoms with E-state index in [0.29, 0.717) is 5.92 Å². The maximum absolute atomic E-state index is 13.1. The van der Waals surface area contributed by atoms with Gasteiger partial charge in [0.25, 0.3) is 0 Å². The molecule has 0 amide bonds. The van der Waals surface area contributed by atoms with Crippen molar-refractivity contribution in [2.75, 3.05) is 13.1 Å². The minimum absolute atomic E-state index is 0.233. The summed E-state index contributed by atoms with van der Waals surface area (Å²) >= 11 is 0. The number of H-pyrrole nitrogens is 1. The first-order valence-corrected chi connectivity index (χ1v) is 9.55. The predicted molar refractivity (Wildman–Crippen MR) is 103 cm³/mol. The Kier molecular flexibility index (Phi) is 5.25. The number of halogens is 1. The van der Waals surface area contributed by atoms with Crippen LogP contribution < -0.4 is 0 Å². The molecule has 1 N–H and O–H groups in total. The van der Waals surface area contributed by atoms with E-state index in [0.717, 1.165) is 61.8 Å². The summed E-state index contributed by atoms with van der Waals surface area (Å²) in [5.74, 6) is 2.06. The highest BCUT2D eigenvalue weighted by atomic mass is 19.1. The number of rotatable bonds is 5. The van der Waals surface area contributed by atoms with Crippen LogP contribution in [0, 0.1) is 5.82 Å². The molecule has 0 atom stereocenters. The zero-order chi connectivity index (χ0) is 18.6. The van der Waals surface area contributed by atoms with Gasteiger partial charge in [0.15, 0.2) is 0 Å². The molecule has 0 bridgehead atoms. The number of hydrogen-bond donors (Lipinski definition) is 1. The van der Waals surface area contributed by atoms with Crippen LogP contribution in [0.3, 0.4) is 0 Å². The second-order valence-corrected chi connectivity index (χ2v) is 7.07. The van der Waals surface area contributed by atoms with Gasteiger partial charge >= 0.3 is 0 Å². The van der Waals surface area contributed by atoms with Crippen LogP contribution in [-0.4, -0.2) is 37.9 Å². The van der Waals surface area contributed by atoms with Crippen molar-refractivity contribution in [3.8, 4) is 11.3 Å². The van der Waals surface area contributed by atoms with Crippen LogP contribution in [0.15, 0.2) is 42.7 Å². The number of benzene rings is 1. The normalized spacial score (nSPS) is 15.9. The molecule has 27 heavy (non-hydrogen) atoms. The molecule has 0 radical (unpaired) electrons. The fourth-order valence-corrected chi connectivity index (χ4v) is 3.58. The zero-order valence-electron chi connectivity index (χ0n) is 15.5. The highest BCUT2D eigenvalue weighted by Crippen LogP contribution is 2.27. The number of aromatic nitrogens is 4. The molecule has 0 aliphatic carbocycles. The summed E-state index contributed by atoms with van der Waals surface area (Å²) in [4.78, 5) is 19.5. The van der Waals surface area contributed by atoms with Crippen molar-refractivity contribution in [1.29, 1.82) is 0 Å². The van der Waals surface area contributed by atoms with Gasteiger partial charge in [-0.3, -0.25) is 4.90 Å². The second kappa shape index (κ2) is 7.96. The number of piperidine rings is 1. The Morgan fingerprint density at radius 2 is 1.89 bits per heavy atom. The molecule has 0 unspecified atom stereocenters. The van der Waals surface area contributed by atoms with Crippen LogP contribution in [0.4, 0.5) is 4.39 Å². The van der Waals surface area contributed by atoms with Gasteiger partial charge in [0.05, 0.1) is 12.2 Å². The van der Waals surface area contributed by atoms with Crippen molar-refractivity contribution in [1.82, 2.24) is 24.8 Å². The number of nitrogens with one attached hydrogen (secondary N) is 1. The Bertz CT molecular complexity index is 882. The highest BCUT2D eigenvalue weighted by Gasteiger charge is 2.23. The molecule has 6 heteroatoms. The van der Waals surface area contributed by atoms with E-state index in [1.54, 1.807) is 12.1 Å². The Morgan fingerprint density at radius 3 is 2.59 bits per heavy atom. The van der Waals surface area contributed by atoms with Crippen LogP contribution in [0.5, 0.6) is 0 Å². The predicted octanol–water partition coefficient (Wildman–Crippen LogP) is 3.95. The Morgan fingerprint density at radius 1 is 1.11 bits per heavy atom. The lowest BCUT2D eigenvalue weighted by Crippen LogP contribution is -2.33. The highest BCUT2D eigenvalue weighted by molar-refractivity contribution is 5.58. The number of nitrogens with zero attached hydrogens (tertiary/aromatic N) is 4. The first kappa shape index (κ1) is 17.8. The number of imidazole rings is 1. The van der Waals surface area contributed by atoms with E-state index in [2.05, 4.69) is 26.8 Å². The minimum Gasteiger partial charge on any atom is -0.345 e. The van der Waals surface area contributed by atoms with Crippen LogP contribution in [0.1, 0.15) is 43.0 Å². The van der Waals surface area contributed by atoms with Gasteiger partial charge in [-0.15, -0.1) is 0 Å². The van der Waals surface area contributed by atoms with E-state index in [4.69, 9.17) is 4.98 Å². The van der Waals surface area contributed by atoms with Gasteiger partial charge in [-0.1, -0.05) is 6.92 Å². The average molecular weight is 365 g/mol. The Hall–Kier alpha value is -2.60. The smallest absolute Gasteiger partial charge is 0.132 e. The van der Waals surface area contributed by atoms with Crippen molar-refractivity contribution < 1.29 is 4.39 Å². The Labute approximate surface area is 158 Å². The molecule has 3 aromatic rings. The zero-order valence-corrected chi connectivity index (χ0v) is 15.5. The summed E-state index contributed by atoms with van der Waals surface area (Å²) in [5, 5.41) is 0. The van der Waals surface area contributed by atoms with Crippen molar-refractivity contribution in [3.63, 3.8) is 0 Å². The number of aromatic amines is 1. The summed E-state index contributed by atoms with van der Waals surface area (Å²) in [6.07, 6.45) is 6.79. The molecule has 0 spiro atoms. The second-order valence-electron chi connectivity index (χ2n) is 7.07. The molecule has 1 aliphatic heterocycles. The summed E-state index contributed by atoms with van der Waals surface area (Å²) in [6.45, 7) is 5.01. The molecule has 1 fully saturated rings. The van der Waals surface area contributed by atoms with Gasteiger partial charge in [0, 0.05) is 29.6 Å². The van der Waals surface area contributed by atoms with E-state index < -0.39 is 0 Å². The lowest BCUT2D eigenvalue weighted by molar-refractivity contribution is 0.198. The minimum atomic E-state index is -0.233. The molecule has 4 rings (SSSR count). The van der Waals surface area contributed by atoms with Crippen LogP contribution in [-0.2, 0) is 13.0 Å². The molecule has 1 saturated heterocycles. The van der Waals surface area contributed by atoms with E-state index >= 15 is 0 Å². The molecular weight excluding hydrogens is 341 g/mol. The molecule has 1 aliphatic rings. The SMILES string of the molecule is CCc1cnc(CN2CCC(c3nccc(-c4ccc(F)cc4)n3)CC2)[nH]1. The van der Waals surface area contributed by atoms with Crippen molar-refractivity contribution in [2.24, 2.45) is 0 Å². The first-order chi connectivity index (χ1) is 13.2. The molecule has 2 aromatic heterocycles. The van der Waals surface area contributed by atoms with E-state index in [1.165, 1.54) is 17.8 Å². The van der Waals surface area contributed by atoms with Crippen LogP contribution in [0.2, 0.25) is 0 Å². The van der Waals surface area contributed by atoms with E-state index in [9.17, 15) is 4.39 Å². The molecule has 0 saturated carbocycles. The summed E-state index contributed by atoms with van der Waals surface area (Å²) in [5.41, 5.74) is 2.96. The summed E-state index contributed by atoms with van der Waals surface area (Å²) in [7, 11) is 0. The Balaban J connectivity index is 1.39. The molecule has 3 heterocycles. The van der Waals surface area contributed by atoms with Gasteiger partial charge < -0.3 is 4.98 Å². The van der Waals surface area contributed by atoms with Gasteiger partial charge in [-0.2, -0.15) is 0 Å². The maximum Gasteiger partial charge on any atom is 0.132 e. The topological polar surface area (TPSA) is 57.7 Å². The van der Waals surface area contributed by atoms with Gasteiger partial charge in [-0.25, -0.2) is 19.3 Å². The van der Waals surface area contributed by atoms with Crippen molar-refractivity contribution >= 4 is 0 Å². The molecular formula is C21H24FN5. The quantitative estimate of drug-likeness (QED) is 0.744. The largest absolute Gasteiger partial charge is 0.345 e. The maximum atomic E-state index is 13.1. The van der Waals surface area contributed by atoms with E-state index in [-0.39, 0.29) is 5.82 Å². The lowest BCUT2D eigenvalue weighted by atomic mass is 9.95. The molecule has 5 nitrogen and oxygen atoms in total. The van der Waals surface area contributed by atoms with Crippen molar-refractivity contribution in [2.45, 2.75) is 38.6 Å². The third-order valence-corrected chi connectivity index (χ3v) is 5.20. The third-order valence-electron chi connectivity index (χ3n) is 5.20. The third kappa shape index (κ3) is 4.22. The fraction of sp³-hybridized carbons (Fsp3) is 0.381. The first-order valence-electron chi connectivity index (χ1n) is 9.55. The van der Waals surface area contributed by atoms with Gasteiger partial charge in [0.1, 0.15) is 17.5 Å². The summed E-state index contributed by atoms with van der Waals surface area (Å²) < 4.78 is 13.1.